The van der Waals surface area contributed by atoms with Crippen LogP contribution in [0.2, 0.25) is 0 Å². The smallest absolute Gasteiger partial charge is 0.0544 e. The summed E-state index contributed by atoms with van der Waals surface area (Å²) in [6.45, 7) is 3.79. The lowest BCUT2D eigenvalue weighted by Gasteiger charge is -2.03. The first kappa shape index (κ1) is 10.5. The molecule has 0 aliphatic rings. The molecule has 1 rings (SSSR count). The highest BCUT2D eigenvalue weighted by Gasteiger charge is 1.93. The number of aromatic nitrogens is 1. The highest BCUT2D eigenvalue weighted by Crippen LogP contribution is 1.97. The molecule has 0 aliphatic carbocycles. The molecule has 0 aliphatic heterocycles. The van der Waals surface area contributed by atoms with Crippen molar-refractivity contribution < 1.29 is 0 Å². The number of nitrogens with zero attached hydrogens (tertiary/aromatic N) is 1. The first-order chi connectivity index (χ1) is 6.33. The van der Waals surface area contributed by atoms with Crippen molar-refractivity contribution in [2.24, 2.45) is 0 Å². The normalized spacial score (nSPS) is 10.3. The molecule has 0 saturated carbocycles. The Labute approximate surface area is 84.3 Å². The molecule has 0 spiro atoms. The van der Waals surface area contributed by atoms with E-state index in [1.54, 1.807) is 0 Å². The molecular weight excluding hydrogens is 184 g/mol. The van der Waals surface area contributed by atoms with E-state index in [9.17, 15) is 0 Å². The Balaban J connectivity index is 2.28. The minimum atomic E-state index is 0.717. The first-order valence-electron chi connectivity index (χ1n) is 4.52. The van der Waals surface area contributed by atoms with Crippen LogP contribution in [0, 0.1) is 6.92 Å². The van der Waals surface area contributed by atoms with E-state index in [2.05, 4.69) is 10.3 Å². The van der Waals surface area contributed by atoms with Gasteiger partial charge in [-0.1, -0.05) is 6.07 Å². The van der Waals surface area contributed by atoms with E-state index in [-0.39, 0.29) is 0 Å². The van der Waals surface area contributed by atoms with E-state index in [4.69, 9.17) is 11.6 Å². The van der Waals surface area contributed by atoms with Crippen LogP contribution in [0.1, 0.15) is 17.8 Å². The van der Waals surface area contributed by atoms with E-state index in [0.29, 0.717) is 5.88 Å². The third-order valence-corrected chi connectivity index (χ3v) is 2.01. The quantitative estimate of drug-likeness (QED) is 0.579. The second-order valence-corrected chi connectivity index (χ2v) is 3.37. The summed E-state index contributed by atoms with van der Waals surface area (Å²) < 4.78 is 0. The molecule has 0 fully saturated rings. The van der Waals surface area contributed by atoms with E-state index in [0.717, 1.165) is 30.9 Å². The van der Waals surface area contributed by atoms with Crippen LogP contribution in [0.15, 0.2) is 18.2 Å². The molecule has 3 heteroatoms. The maximum Gasteiger partial charge on any atom is 0.0544 e. The van der Waals surface area contributed by atoms with Gasteiger partial charge in [0.1, 0.15) is 0 Å². The van der Waals surface area contributed by atoms with Crippen LogP contribution in [0.4, 0.5) is 0 Å². The van der Waals surface area contributed by atoms with Gasteiger partial charge in [-0.25, -0.2) is 0 Å². The molecule has 0 atom stereocenters. The van der Waals surface area contributed by atoms with Crippen LogP contribution in [-0.4, -0.2) is 17.4 Å². The van der Waals surface area contributed by atoms with Gasteiger partial charge in [-0.3, -0.25) is 4.98 Å². The monoisotopic (exact) mass is 198 g/mol. The van der Waals surface area contributed by atoms with Gasteiger partial charge < -0.3 is 5.32 Å². The van der Waals surface area contributed by atoms with Crippen LogP contribution in [0.25, 0.3) is 0 Å². The molecule has 0 amide bonds. The van der Waals surface area contributed by atoms with Gasteiger partial charge in [-0.2, -0.15) is 0 Å². The predicted molar refractivity (Wildman–Crippen MR) is 56.0 cm³/mol. The second-order valence-electron chi connectivity index (χ2n) is 2.99. The standard InChI is InChI=1S/C10H15ClN2/c1-9-4-2-5-10(13-9)8-12-7-3-6-11/h2,4-5,12H,3,6-8H2,1H3. The Kier molecular flexibility index (Phi) is 4.79. The van der Waals surface area contributed by atoms with Crippen LogP contribution in [0.3, 0.4) is 0 Å². The van der Waals surface area contributed by atoms with E-state index >= 15 is 0 Å². The zero-order valence-corrected chi connectivity index (χ0v) is 8.64. The summed E-state index contributed by atoms with van der Waals surface area (Å²) in [6.07, 6.45) is 1.01. The number of halogens is 1. The number of alkyl halides is 1. The van der Waals surface area contributed by atoms with Gasteiger partial charge in [0.2, 0.25) is 0 Å². The molecule has 2 nitrogen and oxygen atoms in total. The molecule has 1 heterocycles. The molecule has 72 valence electrons. The number of hydrogen-bond acceptors (Lipinski definition) is 2. The average molecular weight is 199 g/mol. The minimum Gasteiger partial charge on any atom is -0.311 e. The zero-order valence-electron chi connectivity index (χ0n) is 7.89. The van der Waals surface area contributed by atoms with Crippen molar-refractivity contribution in [3.8, 4) is 0 Å². The summed E-state index contributed by atoms with van der Waals surface area (Å²) in [5.41, 5.74) is 2.16. The lowest BCUT2D eigenvalue weighted by Crippen LogP contribution is -2.15. The van der Waals surface area contributed by atoms with E-state index in [1.165, 1.54) is 0 Å². The molecule has 13 heavy (non-hydrogen) atoms. The number of pyridine rings is 1. The maximum atomic E-state index is 5.55. The van der Waals surface area contributed by atoms with Gasteiger partial charge in [0.05, 0.1) is 5.69 Å². The Bertz CT molecular complexity index is 250. The van der Waals surface area contributed by atoms with Gasteiger partial charge in [0.15, 0.2) is 0 Å². The topological polar surface area (TPSA) is 24.9 Å². The molecule has 0 bridgehead atoms. The van der Waals surface area contributed by atoms with Crippen molar-refractivity contribution in [3.63, 3.8) is 0 Å². The van der Waals surface area contributed by atoms with Gasteiger partial charge in [0.25, 0.3) is 0 Å². The minimum absolute atomic E-state index is 0.717. The fourth-order valence-electron chi connectivity index (χ4n) is 1.11. The number of hydrogen-bond donors (Lipinski definition) is 1. The van der Waals surface area contributed by atoms with Crippen molar-refractivity contribution in [3.05, 3.63) is 29.6 Å². The molecule has 1 aromatic rings. The van der Waals surface area contributed by atoms with Crippen LogP contribution in [0.5, 0.6) is 0 Å². The molecule has 0 radical (unpaired) electrons. The molecule has 1 N–H and O–H groups in total. The van der Waals surface area contributed by atoms with Gasteiger partial charge >= 0.3 is 0 Å². The predicted octanol–water partition coefficient (Wildman–Crippen LogP) is 2.11. The summed E-state index contributed by atoms with van der Waals surface area (Å²) in [5.74, 6) is 0.717. The SMILES string of the molecule is Cc1cccc(CNCCCCl)n1. The Morgan fingerprint density at radius 1 is 1.46 bits per heavy atom. The maximum absolute atomic E-state index is 5.55. The number of rotatable bonds is 5. The summed E-state index contributed by atoms with van der Waals surface area (Å²) in [4.78, 5) is 4.38. The molecule has 0 unspecified atom stereocenters. The molecule has 0 saturated heterocycles. The fraction of sp³-hybridized carbons (Fsp3) is 0.500. The highest BCUT2D eigenvalue weighted by atomic mass is 35.5. The summed E-state index contributed by atoms with van der Waals surface area (Å²) >= 11 is 5.55. The lowest BCUT2D eigenvalue weighted by atomic mass is 10.3. The molecular formula is C10H15ClN2. The van der Waals surface area contributed by atoms with Gasteiger partial charge in [-0.15, -0.1) is 11.6 Å². The van der Waals surface area contributed by atoms with Crippen LogP contribution < -0.4 is 5.32 Å². The first-order valence-corrected chi connectivity index (χ1v) is 5.05. The van der Waals surface area contributed by atoms with Gasteiger partial charge in [-0.05, 0) is 32.0 Å². The van der Waals surface area contributed by atoms with Crippen molar-refractivity contribution in [1.82, 2.24) is 10.3 Å². The lowest BCUT2D eigenvalue weighted by molar-refractivity contribution is 0.665. The fourth-order valence-corrected chi connectivity index (χ4v) is 1.24. The molecule has 1 aromatic heterocycles. The zero-order chi connectivity index (χ0) is 9.52. The summed E-state index contributed by atoms with van der Waals surface area (Å²) in [7, 11) is 0. The summed E-state index contributed by atoms with van der Waals surface area (Å²) in [6, 6.07) is 6.06. The van der Waals surface area contributed by atoms with Crippen LogP contribution >= 0.6 is 11.6 Å². The van der Waals surface area contributed by atoms with E-state index in [1.807, 2.05) is 25.1 Å². The number of aryl methyl sites for hydroxylation is 1. The Hall–Kier alpha value is -0.600. The number of nitrogens with one attached hydrogen (secondary N) is 1. The Morgan fingerprint density at radius 2 is 2.31 bits per heavy atom. The van der Waals surface area contributed by atoms with Crippen molar-refractivity contribution in [1.29, 1.82) is 0 Å². The Morgan fingerprint density at radius 3 is 3.00 bits per heavy atom. The van der Waals surface area contributed by atoms with Crippen LogP contribution in [-0.2, 0) is 6.54 Å². The summed E-state index contributed by atoms with van der Waals surface area (Å²) in [5, 5.41) is 3.28. The average Bonchev–Trinajstić information content (AvgIpc) is 2.13. The van der Waals surface area contributed by atoms with Crippen molar-refractivity contribution in [2.75, 3.05) is 12.4 Å². The molecule has 0 aromatic carbocycles. The second kappa shape index (κ2) is 5.95. The van der Waals surface area contributed by atoms with Crippen molar-refractivity contribution >= 4 is 11.6 Å². The van der Waals surface area contributed by atoms with E-state index < -0.39 is 0 Å². The van der Waals surface area contributed by atoms with Gasteiger partial charge in [0, 0.05) is 18.1 Å². The van der Waals surface area contributed by atoms with Crippen molar-refractivity contribution in [2.45, 2.75) is 19.9 Å². The highest BCUT2D eigenvalue weighted by molar-refractivity contribution is 6.17. The third kappa shape index (κ3) is 4.25. The largest absolute Gasteiger partial charge is 0.311 e. The third-order valence-electron chi connectivity index (χ3n) is 1.74.